The van der Waals surface area contributed by atoms with Gasteiger partial charge in [0.2, 0.25) is 0 Å². The molecule has 0 fully saturated rings. The van der Waals surface area contributed by atoms with E-state index in [9.17, 15) is 9.59 Å². The van der Waals surface area contributed by atoms with Crippen LogP contribution in [0, 0.1) is 0 Å². The Morgan fingerprint density at radius 3 is 2.67 bits per heavy atom. The normalized spacial score (nSPS) is 13.0. The number of ether oxygens (including phenoxy) is 1. The molecule has 0 saturated heterocycles. The molecule has 0 aliphatic rings. The third-order valence-electron chi connectivity index (χ3n) is 2.77. The van der Waals surface area contributed by atoms with Gasteiger partial charge in [-0.1, -0.05) is 12.1 Å². The molecule has 21 heavy (non-hydrogen) atoms. The van der Waals surface area contributed by atoms with Crippen molar-refractivity contribution in [1.29, 1.82) is 0 Å². The van der Waals surface area contributed by atoms with E-state index < -0.39 is 17.7 Å². The van der Waals surface area contributed by atoms with Crippen molar-refractivity contribution < 1.29 is 9.53 Å². The van der Waals surface area contributed by atoms with E-state index in [1.54, 1.807) is 45.9 Å². The monoisotopic (exact) mass is 289 g/mol. The van der Waals surface area contributed by atoms with Crippen LogP contribution in [0.15, 0.2) is 29.1 Å². The second kappa shape index (κ2) is 5.55. The van der Waals surface area contributed by atoms with Gasteiger partial charge in [-0.05, 0) is 39.8 Å². The second-order valence-corrected chi connectivity index (χ2v) is 5.84. The van der Waals surface area contributed by atoms with Crippen LogP contribution in [0.3, 0.4) is 0 Å². The third-order valence-corrected chi connectivity index (χ3v) is 2.77. The Morgan fingerprint density at radius 2 is 2.00 bits per heavy atom. The number of alkyl carbamates (subject to hydrolysis) is 1. The molecular weight excluding hydrogens is 270 g/mol. The van der Waals surface area contributed by atoms with Crippen LogP contribution in [-0.2, 0) is 4.74 Å². The van der Waals surface area contributed by atoms with Gasteiger partial charge in [-0.25, -0.2) is 9.78 Å². The molecule has 1 amide bonds. The number of fused-ring (bicyclic) bond motifs is 1. The van der Waals surface area contributed by atoms with E-state index in [-0.39, 0.29) is 5.56 Å². The highest BCUT2D eigenvalue weighted by Crippen LogP contribution is 2.12. The molecule has 0 aliphatic carbocycles. The summed E-state index contributed by atoms with van der Waals surface area (Å²) in [5, 5.41) is 3.17. The lowest BCUT2D eigenvalue weighted by molar-refractivity contribution is 0.0506. The van der Waals surface area contributed by atoms with Gasteiger partial charge in [0, 0.05) is 0 Å². The van der Waals surface area contributed by atoms with Crippen molar-refractivity contribution in [3.8, 4) is 0 Å². The minimum absolute atomic E-state index is 0.228. The lowest BCUT2D eigenvalue weighted by Crippen LogP contribution is -2.35. The van der Waals surface area contributed by atoms with Crippen LogP contribution in [0.1, 0.15) is 39.6 Å². The number of hydrogen-bond acceptors (Lipinski definition) is 4. The van der Waals surface area contributed by atoms with Crippen molar-refractivity contribution in [2.45, 2.75) is 39.3 Å². The minimum atomic E-state index is -0.575. The zero-order valence-electron chi connectivity index (χ0n) is 12.6. The molecule has 1 aromatic carbocycles. The number of rotatable bonds is 2. The van der Waals surface area contributed by atoms with Gasteiger partial charge in [0.15, 0.2) is 0 Å². The highest BCUT2D eigenvalue weighted by Gasteiger charge is 2.19. The maximum Gasteiger partial charge on any atom is 0.408 e. The Labute approximate surface area is 122 Å². The fourth-order valence-electron chi connectivity index (χ4n) is 1.86. The summed E-state index contributed by atoms with van der Waals surface area (Å²) >= 11 is 0. The highest BCUT2D eigenvalue weighted by molar-refractivity contribution is 5.77. The van der Waals surface area contributed by atoms with Gasteiger partial charge in [0.1, 0.15) is 11.4 Å². The van der Waals surface area contributed by atoms with E-state index in [1.165, 1.54) is 0 Å². The van der Waals surface area contributed by atoms with Gasteiger partial charge < -0.3 is 15.0 Å². The average Bonchev–Trinajstić information content (AvgIpc) is 2.36. The topological polar surface area (TPSA) is 84.1 Å². The van der Waals surface area contributed by atoms with Crippen LogP contribution in [0.25, 0.3) is 10.9 Å². The van der Waals surface area contributed by atoms with Gasteiger partial charge in [0.25, 0.3) is 5.56 Å². The number of H-pyrrole nitrogens is 1. The van der Waals surface area contributed by atoms with Gasteiger partial charge in [-0.3, -0.25) is 4.79 Å². The minimum Gasteiger partial charge on any atom is -0.444 e. The smallest absolute Gasteiger partial charge is 0.408 e. The Hall–Kier alpha value is -2.37. The van der Waals surface area contributed by atoms with Gasteiger partial charge in [-0.15, -0.1) is 0 Å². The number of carbonyl (C=O) groups is 1. The van der Waals surface area contributed by atoms with E-state index in [0.29, 0.717) is 16.7 Å². The van der Waals surface area contributed by atoms with Crippen molar-refractivity contribution in [3.63, 3.8) is 0 Å². The van der Waals surface area contributed by atoms with Crippen molar-refractivity contribution >= 4 is 17.0 Å². The Morgan fingerprint density at radius 1 is 1.33 bits per heavy atom. The maximum atomic E-state index is 12.0. The maximum absolute atomic E-state index is 12.0. The first-order valence-corrected chi connectivity index (χ1v) is 6.75. The van der Waals surface area contributed by atoms with Crippen LogP contribution < -0.4 is 10.9 Å². The molecule has 1 aromatic heterocycles. The lowest BCUT2D eigenvalue weighted by atomic mass is 10.2. The molecule has 0 bridgehead atoms. The third kappa shape index (κ3) is 3.81. The zero-order chi connectivity index (χ0) is 15.6. The first kappa shape index (κ1) is 15.0. The standard InChI is InChI=1S/C15H19N3O3/c1-9(16-14(20)21-15(2,3)4)12-17-11-8-6-5-7-10(11)13(19)18-12/h5-9H,1-4H3,(H,16,20)(H,17,18,19)/t9-/m1/s1. The summed E-state index contributed by atoms with van der Waals surface area (Å²) in [6.45, 7) is 7.09. The second-order valence-electron chi connectivity index (χ2n) is 5.84. The zero-order valence-corrected chi connectivity index (χ0v) is 12.6. The molecule has 112 valence electrons. The first-order chi connectivity index (χ1) is 9.76. The molecule has 1 atom stereocenters. The number of carbonyl (C=O) groups excluding carboxylic acids is 1. The van der Waals surface area contributed by atoms with Crippen molar-refractivity contribution in [3.05, 3.63) is 40.4 Å². The van der Waals surface area contributed by atoms with Crippen molar-refractivity contribution in [1.82, 2.24) is 15.3 Å². The molecule has 1 heterocycles. The van der Waals surface area contributed by atoms with E-state index in [0.717, 1.165) is 0 Å². The Bertz CT molecular complexity index is 716. The molecule has 0 saturated carbocycles. The number of para-hydroxylation sites is 1. The Balaban J connectivity index is 2.22. The molecular formula is C15H19N3O3. The van der Waals surface area contributed by atoms with Crippen LogP contribution in [-0.4, -0.2) is 21.7 Å². The molecule has 2 rings (SSSR count). The SMILES string of the molecule is C[C@@H](NC(=O)OC(C)(C)C)c1nc2ccccc2c(=O)[nH]1. The summed E-state index contributed by atoms with van der Waals surface area (Å²) in [7, 11) is 0. The summed E-state index contributed by atoms with van der Waals surface area (Å²) in [6, 6.07) is 6.59. The Kier molecular flexibility index (Phi) is 3.97. The van der Waals surface area contributed by atoms with Gasteiger partial charge in [-0.2, -0.15) is 0 Å². The van der Waals surface area contributed by atoms with Crippen LogP contribution in [0.5, 0.6) is 0 Å². The number of hydrogen-bond donors (Lipinski definition) is 2. The number of amides is 1. The predicted molar refractivity (Wildman–Crippen MR) is 80.1 cm³/mol. The van der Waals surface area contributed by atoms with E-state index in [4.69, 9.17) is 4.74 Å². The summed E-state index contributed by atoms with van der Waals surface area (Å²) < 4.78 is 5.18. The molecule has 2 N–H and O–H groups in total. The quantitative estimate of drug-likeness (QED) is 0.889. The molecule has 6 heteroatoms. The van der Waals surface area contributed by atoms with Crippen molar-refractivity contribution in [2.24, 2.45) is 0 Å². The summed E-state index contributed by atoms with van der Waals surface area (Å²) in [5.74, 6) is 0.393. The molecule has 0 aliphatic heterocycles. The number of aromatic nitrogens is 2. The highest BCUT2D eigenvalue weighted by atomic mass is 16.6. The van der Waals surface area contributed by atoms with E-state index in [2.05, 4.69) is 15.3 Å². The molecule has 6 nitrogen and oxygen atoms in total. The van der Waals surface area contributed by atoms with E-state index >= 15 is 0 Å². The molecule has 0 unspecified atom stereocenters. The molecule has 0 radical (unpaired) electrons. The fourth-order valence-corrected chi connectivity index (χ4v) is 1.86. The average molecular weight is 289 g/mol. The lowest BCUT2D eigenvalue weighted by Gasteiger charge is -2.21. The molecule has 0 spiro atoms. The first-order valence-electron chi connectivity index (χ1n) is 6.75. The van der Waals surface area contributed by atoms with Crippen LogP contribution >= 0.6 is 0 Å². The fraction of sp³-hybridized carbons (Fsp3) is 0.400. The van der Waals surface area contributed by atoms with Crippen LogP contribution in [0.2, 0.25) is 0 Å². The van der Waals surface area contributed by atoms with Gasteiger partial charge >= 0.3 is 6.09 Å². The van der Waals surface area contributed by atoms with Crippen LogP contribution in [0.4, 0.5) is 4.79 Å². The summed E-state index contributed by atoms with van der Waals surface area (Å²) in [5.41, 5.74) is -0.212. The largest absolute Gasteiger partial charge is 0.444 e. The van der Waals surface area contributed by atoms with E-state index in [1.807, 2.05) is 6.07 Å². The summed E-state index contributed by atoms with van der Waals surface area (Å²) in [4.78, 5) is 30.8. The summed E-state index contributed by atoms with van der Waals surface area (Å²) in [6.07, 6.45) is -0.550. The number of aromatic amines is 1. The van der Waals surface area contributed by atoms with Crippen molar-refractivity contribution in [2.75, 3.05) is 0 Å². The molecule has 2 aromatic rings. The predicted octanol–water partition coefficient (Wildman–Crippen LogP) is 2.51. The number of nitrogens with zero attached hydrogens (tertiary/aromatic N) is 1. The number of nitrogens with one attached hydrogen (secondary N) is 2. The van der Waals surface area contributed by atoms with Gasteiger partial charge in [0.05, 0.1) is 16.9 Å². The number of benzene rings is 1.